The second kappa shape index (κ2) is 4.24. The molecule has 3 aromatic rings. The summed E-state index contributed by atoms with van der Waals surface area (Å²) in [6, 6.07) is 9.44. The third-order valence-corrected chi connectivity index (χ3v) is 4.37. The van der Waals surface area contributed by atoms with Crippen LogP contribution < -0.4 is 0 Å². The Morgan fingerprint density at radius 1 is 1.11 bits per heavy atom. The number of aromatic nitrogens is 1. The average molecular weight is 270 g/mol. The van der Waals surface area contributed by atoms with E-state index < -0.39 is 5.97 Å². The highest BCUT2D eigenvalue weighted by atomic mass is 32.1. The van der Waals surface area contributed by atoms with Gasteiger partial charge >= 0.3 is 5.97 Å². The number of rotatable bonds is 1. The number of benzene rings is 2. The molecule has 0 fully saturated rings. The lowest BCUT2D eigenvalue weighted by Gasteiger charge is -2.00. The van der Waals surface area contributed by atoms with Gasteiger partial charge in [0.05, 0.1) is 0 Å². The van der Waals surface area contributed by atoms with Crippen LogP contribution in [0.1, 0.15) is 21.5 Å². The van der Waals surface area contributed by atoms with Gasteiger partial charge in [-0.25, -0.2) is 9.78 Å². The second-order valence-electron chi connectivity index (χ2n) is 4.55. The van der Waals surface area contributed by atoms with E-state index in [1.807, 2.05) is 38.1 Å². The summed E-state index contributed by atoms with van der Waals surface area (Å²) in [6.45, 7) is 3.97. The first-order chi connectivity index (χ1) is 9.08. The Kier molecular flexibility index (Phi) is 2.68. The lowest BCUT2D eigenvalue weighted by atomic mass is 10.1. The number of hydrogen-bond donors (Lipinski definition) is 1. The smallest absolute Gasteiger partial charge is 0.341 e. The summed E-state index contributed by atoms with van der Waals surface area (Å²) in [4.78, 5) is 16.0. The van der Waals surface area contributed by atoms with Crippen LogP contribution in [0, 0.1) is 13.8 Å². The van der Waals surface area contributed by atoms with Crippen molar-refractivity contribution in [3.8, 4) is 0 Å². The molecular weight excluding hydrogens is 258 g/mol. The highest BCUT2D eigenvalue weighted by Crippen LogP contribution is 2.31. The Labute approximate surface area is 114 Å². The van der Waals surface area contributed by atoms with Crippen molar-refractivity contribution >= 4 is 37.7 Å². The molecule has 0 saturated heterocycles. The third-order valence-electron chi connectivity index (χ3n) is 3.20. The summed E-state index contributed by atoms with van der Waals surface area (Å²) in [5, 5.41) is 9.28. The quantitative estimate of drug-likeness (QED) is 0.536. The van der Waals surface area contributed by atoms with E-state index in [9.17, 15) is 9.90 Å². The van der Waals surface area contributed by atoms with E-state index in [1.54, 1.807) is 6.07 Å². The molecular formula is C15H12NO2S+. The summed E-state index contributed by atoms with van der Waals surface area (Å²) in [6.07, 6.45) is 0. The van der Waals surface area contributed by atoms with Gasteiger partial charge in [0, 0.05) is 6.07 Å². The highest BCUT2D eigenvalue weighted by molar-refractivity contribution is 7.24. The molecule has 2 aromatic carbocycles. The molecule has 94 valence electrons. The van der Waals surface area contributed by atoms with Crippen LogP contribution in [0.2, 0.25) is 0 Å². The van der Waals surface area contributed by atoms with E-state index in [4.69, 9.17) is 0 Å². The zero-order valence-corrected chi connectivity index (χ0v) is 11.4. The fourth-order valence-electron chi connectivity index (χ4n) is 2.16. The molecule has 0 aliphatic rings. The minimum Gasteiger partial charge on any atom is -0.477 e. The number of para-hydroxylation sites is 1. The molecule has 0 aliphatic carbocycles. The molecule has 4 heteroatoms. The van der Waals surface area contributed by atoms with Gasteiger partial charge in [0.2, 0.25) is 11.3 Å². The van der Waals surface area contributed by atoms with Gasteiger partial charge in [-0.15, -0.1) is 0 Å². The van der Waals surface area contributed by atoms with Gasteiger partial charge in [0.1, 0.15) is 16.6 Å². The minimum atomic E-state index is -0.907. The molecule has 0 amide bonds. The van der Waals surface area contributed by atoms with E-state index in [0.29, 0.717) is 5.56 Å². The van der Waals surface area contributed by atoms with Crippen LogP contribution in [0.3, 0.4) is 0 Å². The molecule has 0 unspecified atom stereocenters. The lowest BCUT2D eigenvalue weighted by Crippen LogP contribution is -1.98. The molecule has 1 aromatic heterocycles. The van der Waals surface area contributed by atoms with Crippen molar-refractivity contribution in [1.29, 1.82) is 0 Å². The Balaban J connectivity index is 2.53. The van der Waals surface area contributed by atoms with Crippen LogP contribution in [0.15, 0.2) is 30.3 Å². The summed E-state index contributed by atoms with van der Waals surface area (Å²) in [5.41, 5.74) is 4.16. The highest BCUT2D eigenvalue weighted by Gasteiger charge is 2.22. The van der Waals surface area contributed by atoms with Crippen molar-refractivity contribution in [1.82, 2.24) is 4.98 Å². The number of aryl methyl sites for hydroxylation is 2. The molecule has 0 atom stereocenters. The molecule has 0 saturated carbocycles. The van der Waals surface area contributed by atoms with Crippen LogP contribution in [-0.2, 0) is 0 Å². The van der Waals surface area contributed by atoms with Crippen molar-refractivity contribution in [3.05, 3.63) is 47.0 Å². The maximum absolute atomic E-state index is 11.3. The van der Waals surface area contributed by atoms with Gasteiger partial charge in [-0.2, -0.15) is 0 Å². The number of hydrogen-bond acceptors (Lipinski definition) is 2. The summed E-state index contributed by atoms with van der Waals surface area (Å²) < 4.78 is 1.76. The third kappa shape index (κ3) is 1.85. The molecule has 3 nitrogen and oxygen atoms in total. The number of carbonyl (C=O) groups is 1. The minimum absolute atomic E-state index is 0.321. The maximum atomic E-state index is 11.3. The summed E-state index contributed by atoms with van der Waals surface area (Å²) >= 11 is 1.49. The Morgan fingerprint density at radius 2 is 1.84 bits per heavy atom. The SMILES string of the molecule is Cc1cccc2[s+]c3c(C(=O)O)ccc(C)c3nc12. The zero-order valence-electron chi connectivity index (χ0n) is 10.6. The van der Waals surface area contributed by atoms with Crippen LogP contribution in [0.4, 0.5) is 0 Å². The Morgan fingerprint density at radius 3 is 2.58 bits per heavy atom. The fraction of sp³-hybridized carbons (Fsp3) is 0.133. The molecule has 0 bridgehead atoms. The van der Waals surface area contributed by atoms with E-state index in [2.05, 4.69) is 4.98 Å². The molecule has 0 aliphatic heterocycles. The second-order valence-corrected chi connectivity index (χ2v) is 5.60. The summed E-state index contributed by atoms with van der Waals surface area (Å²) in [7, 11) is 0. The first-order valence-electron chi connectivity index (χ1n) is 5.94. The predicted octanol–water partition coefficient (Wildman–Crippen LogP) is 4.05. The van der Waals surface area contributed by atoms with Gasteiger partial charge in [-0.1, -0.05) is 18.2 Å². The summed E-state index contributed by atoms with van der Waals surface area (Å²) in [5.74, 6) is -0.907. The number of carboxylic acids is 1. The van der Waals surface area contributed by atoms with Gasteiger partial charge < -0.3 is 5.11 Å². The van der Waals surface area contributed by atoms with Gasteiger partial charge in [-0.05, 0) is 31.0 Å². The number of aromatic carboxylic acids is 1. The molecule has 0 spiro atoms. The first kappa shape index (κ1) is 12.0. The molecule has 19 heavy (non-hydrogen) atoms. The van der Waals surface area contributed by atoms with Crippen LogP contribution in [0.5, 0.6) is 0 Å². The topological polar surface area (TPSA) is 50.2 Å². The van der Waals surface area contributed by atoms with Gasteiger partial charge in [0.15, 0.2) is 0 Å². The van der Waals surface area contributed by atoms with Gasteiger partial charge in [0.25, 0.3) is 9.40 Å². The van der Waals surface area contributed by atoms with Crippen molar-refractivity contribution < 1.29 is 9.90 Å². The Bertz CT molecular complexity index is 827. The monoisotopic (exact) mass is 270 g/mol. The standard InChI is InChI=1S/C15H11NO2S/c1-8-4-3-5-11-12(8)16-13-9(2)6-7-10(15(17)18)14(13)19-11/h3-7H,1-2H3/p+1. The van der Waals surface area contributed by atoms with Crippen molar-refractivity contribution in [2.75, 3.05) is 0 Å². The van der Waals surface area contributed by atoms with E-state index in [1.165, 1.54) is 11.3 Å². The van der Waals surface area contributed by atoms with E-state index in [-0.39, 0.29) is 0 Å². The van der Waals surface area contributed by atoms with E-state index in [0.717, 1.165) is 31.6 Å². The molecule has 3 rings (SSSR count). The molecule has 1 heterocycles. The van der Waals surface area contributed by atoms with E-state index >= 15 is 0 Å². The zero-order chi connectivity index (χ0) is 13.6. The van der Waals surface area contributed by atoms with Crippen molar-refractivity contribution in [2.45, 2.75) is 13.8 Å². The number of nitrogens with zero attached hydrogens (tertiary/aromatic N) is 1. The maximum Gasteiger partial charge on any atom is 0.341 e. The normalized spacial score (nSPS) is 11.1. The largest absolute Gasteiger partial charge is 0.477 e. The van der Waals surface area contributed by atoms with Crippen LogP contribution in [0.25, 0.3) is 20.4 Å². The van der Waals surface area contributed by atoms with Crippen molar-refractivity contribution in [2.24, 2.45) is 0 Å². The fourth-order valence-corrected chi connectivity index (χ4v) is 3.40. The molecule has 0 radical (unpaired) electrons. The first-order valence-corrected chi connectivity index (χ1v) is 6.75. The average Bonchev–Trinajstić information content (AvgIpc) is 2.38. The predicted molar refractivity (Wildman–Crippen MR) is 78.0 cm³/mol. The van der Waals surface area contributed by atoms with Crippen LogP contribution in [-0.4, -0.2) is 16.1 Å². The number of fused-ring (bicyclic) bond motifs is 2. The van der Waals surface area contributed by atoms with Gasteiger partial charge in [-0.3, -0.25) is 0 Å². The molecule has 1 N–H and O–H groups in total. The van der Waals surface area contributed by atoms with Crippen LogP contribution >= 0.6 is 11.3 Å². The van der Waals surface area contributed by atoms with Crippen molar-refractivity contribution in [3.63, 3.8) is 0 Å². The Hall–Kier alpha value is -2.07. The lowest BCUT2D eigenvalue weighted by molar-refractivity contribution is 0.0699. The number of carboxylic acid groups (broad SMARTS) is 1.